The van der Waals surface area contributed by atoms with Crippen molar-refractivity contribution in [2.45, 2.75) is 19.2 Å². The number of hydrogen-bond donors (Lipinski definition) is 3. The van der Waals surface area contributed by atoms with Crippen molar-refractivity contribution in [1.29, 1.82) is 0 Å². The zero-order valence-corrected chi connectivity index (χ0v) is 5.64. The van der Waals surface area contributed by atoms with Gasteiger partial charge in [-0.1, -0.05) is 6.42 Å². The maximum Gasteiger partial charge on any atom is 0.451 e. The molecule has 0 saturated carbocycles. The summed E-state index contributed by atoms with van der Waals surface area (Å²) in [6, 6.07) is 0. The highest BCUT2D eigenvalue weighted by Gasteiger charge is 2.03. The number of thiol groups is 1. The second-order valence-electron chi connectivity index (χ2n) is 1.70. The summed E-state index contributed by atoms with van der Waals surface area (Å²) in [6.45, 7) is 0. The zero-order valence-electron chi connectivity index (χ0n) is 4.75. The van der Waals surface area contributed by atoms with Crippen molar-refractivity contribution < 1.29 is 10.0 Å². The first-order valence-electron chi connectivity index (χ1n) is 2.74. The minimum atomic E-state index is -1.13. The van der Waals surface area contributed by atoms with E-state index in [-0.39, 0.29) is 0 Å². The monoisotopic (exact) mass is 134 g/mol. The lowest BCUT2D eigenvalue weighted by molar-refractivity contribution is 0.403. The lowest BCUT2D eigenvalue weighted by atomic mass is 9.84. The summed E-state index contributed by atoms with van der Waals surface area (Å²) in [5, 5.41) is 16.6. The molecule has 8 heavy (non-hydrogen) atoms. The van der Waals surface area contributed by atoms with E-state index in [9.17, 15) is 0 Å². The normalized spacial score (nSPS) is 9.38. The first-order chi connectivity index (χ1) is 3.77. The fourth-order valence-corrected chi connectivity index (χ4v) is 0.662. The van der Waals surface area contributed by atoms with Gasteiger partial charge in [0, 0.05) is 0 Å². The zero-order chi connectivity index (χ0) is 6.41. The van der Waals surface area contributed by atoms with Crippen LogP contribution in [0.15, 0.2) is 0 Å². The average Bonchev–Trinajstić information content (AvgIpc) is 1.66. The van der Waals surface area contributed by atoms with Gasteiger partial charge in [0.2, 0.25) is 0 Å². The van der Waals surface area contributed by atoms with Gasteiger partial charge in [-0.25, -0.2) is 0 Å². The first kappa shape index (κ1) is 8.33. The molecule has 0 spiro atoms. The van der Waals surface area contributed by atoms with Crippen LogP contribution in [0.5, 0.6) is 0 Å². The van der Waals surface area contributed by atoms with E-state index in [0.717, 1.165) is 18.6 Å². The standard InChI is InChI=1S/C4H11BO2S/c6-5(7)3-1-2-4-8/h6-8H,1-4H2. The molecule has 0 saturated heterocycles. The Kier molecular flexibility index (Phi) is 5.70. The Morgan fingerprint density at radius 1 is 1.25 bits per heavy atom. The van der Waals surface area contributed by atoms with Crippen LogP contribution in [-0.4, -0.2) is 22.9 Å². The summed E-state index contributed by atoms with van der Waals surface area (Å²) < 4.78 is 0. The van der Waals surface area contributed by atoms with Gasteiger partial charge in [0.05, 0.1) is 0 Å². The molecule has 0 fully saturated rings. The van der Waals surface area contributed by atoms with Gasteiger partial charge in [-0.3, -0.25) is 0 Å². The number of unbranched alkanes of at least 4 members (excludes halogenated alkanes) is 1. The highest BCUT2D eigenvalue weighted by molar-refractivity contribution is 7.80. The second kappa shape index (κ2) is 5.47. The van der Waals surface area contributed by atoms with Gasteiger partial charge >= 0.3 is 7.12 Å². The molecule has 0 aromatic rings. The van der Waals surface area contributed by atoms with Gasteiger partial charge in [0.1, 0.15) is 0 Å². The lowest BCUT2D eigenvalue weighted by Crippen LogP contribution is -2.09. The van der Waals surface area contributed by atoms with E-state index in [2.05, 4.69) is 12.6 Å². The molecule has 0 amide bonds. The van der Waals surface area contributed by atoms with E-state index in [4.69, 9.17) is 10.0 Å². The maximum atomic E-state index is 8.31. The lowest BCUT2D eigenvalue weighted by Gasteiger charge is -1.94. The molecule has 0 aliphatic heterocycles. The molecule has 2 N–H and O–H groups in total. The van der Waals surface area contributed by atoms with Crippen LogP contribution < -0.4 is 0 Å². The molecule has 0 bridgehead atoms. The molecule has 0 aromatic carbocycles. The molecular weight excluding hydrogens is 123 g/mol. The van der Waals surface area contributed by atoms with Crippen LogP contribution in [0.2, 0.25) is 6.32 Å². The van der Waals surface area contributed by atoms with Gasteiger partial charge in [0.15, 0.2) is 0 Å². The van der Waals surface area contributed by atoms with Gasteiger partial charge in [0.25, 0.3) is 0 Å². The molecule has 0 aliphatic carbocycles. The molecule has 48 valence electrons. The molecule has 0 radical (unpaired) electrons. The Labute approximate surface area is 55.5 Å². The highest BCUT2D eigenvalue weighted by Crippen LogP contribution is 1.97. The van der Waals surface area contributed by atoms with E-state index in [1.165, 1.54) is 0 Å². The van der Waals surface area contributed by atoms with Gasteiger partial charge in [-0.2, -0.15) is 12.6 Å². The molecule has 0 rings (SSSR count). The quantitative estimate of drug-likeness (QED) is 0.291. The molecule has 0 heterocycles. The van der Waals surface area contributed by atoms with E-state index >= 15 is 0 Å². The van der Waals surface area contributed by atoms with Crippen LogP contribution >= 0.6 is 12.6 Å². The van der Waals surface area contributed by atoms with E-state index < -0.39 is 7.12 Å². The fourth-order valence-electron chi connectivity index (χ4n) is 0.439. The molecule has 2 nitrogen and oxygen atoms in total. The molecular formula is C4H11BO2S. The molecule has 4 heteroatoms. The van der Waals surface area contributed by atoms with Crippen LogP contribution in [0.4, 0.5) is 0 Å². The van der Waals surface area contributed by atoms with Crippen molar-refractivity contribution in [3.05, 3.63) is 0 Å². The predicted molar refractivity (Wildman–Crippen MR) is 38.1 cm³/mol. The maximum absolute atomic E-state index is 8.31. The van der Waals surface area contributed by atoms with Crippen molar-refractivity contribution in [1.82, 2.24) is 0 Å². The summed E-state index contributed by atoms with van der Waals surface area (Å²) in [5.41, 5.74) is 0. The fraction of sp³-hybridized carbons (Fsp3) is 1.00. The second-order valence-corrected chi connectivity index (χ2v) is 2.15. The molecule has 0 aromatic heterocycles. The number of rotatable bonds is 4. The van der Waals surface area contributed by atoms with Crippen LogP contribution in [-0.2, 0) is 0 Å². The Morgan fingerprint density at radius 2 is 1.88 bits per heavy atom. The highest BCUT2D eigenvalue weighted by atomic mass is 32.1. The summed E-state index contributed by atoms with van der Waals surface area (Å²) in [4.78, 5) is 0. The predicted octanol–water partition coefficient (Wildman–Crippen LogP) is 0.169. The van der Waals surface area contributed by atoms with Crippen molar-refractivity contribution in [3.8, 4) is 0 Å². The van der Waals surface area contributed by atoms with Crippen LogP contribution in [0.25, 0.3) is 0 Å². The third-order valence-electron chi connectivity index (χ3n) is 0.870. The smallest absolute Gasteiger partial charge is 0.427 e. The summed E-state index contributed by atoms with van der Waals surface area (Å²) >= 11 is 3.96. The van der Waals surface area contributed by atoms with Crippen molar-refractivity contribution in [3.63, 3.8) is 0 Å². The van der Waals surface area contributed by atoms with Crippen LogP contribution in [0, 0.1) is 0 Å². The van der Waals surface area contributed by atoms with Gasteiger partial charge in [-0.05, 0) is 18.5 Å². The number of hydrogen-bond acceptors (Lipinski definition) is 3. The van der Waals surface area contributed by atoms with Crippen molar-refractivity contribution >= 4 is 19.7 Å². The Morgan fingerprint density at radius 3 is 2.25 bits per heavy atom. The Balaban J connectivity index is 2.72. The molecule has 0 unspecified atom stereocenters. The van der Waals surface area contributed by atoms with Crippen LogP contribution in [0.3, 0.4) is 0 Å². The van der Waals surface area contributed by atoms with Gasteiger partial charge in [-0.15, -0.1) is 0 Å². The van der Waals surface area contributed by atoms with Crippen molar-refractivity contribution in [2.75, 3.05) is 5.75 Å². The topological polar surface area (TPSA) is 40.5 Å². The Bertz CT molecular complexity index is 51.3. The molecule has 0 atom stereocenters. The largest absolute Gasteiger partial charge is 0.451 e. The van der Waals surface area contributed by atoms with E-state index in [1.54, 1.807) is 0 Å². The summed E-state index contributed by atoms with van der Waals surface area (Å²) in [5.74, 6) is 0.826. The minimum absolute atomic E-state index is 0.473. The Hall–Kier alpha value is 0.335. The van der Waals surface area contributed by atoms with Crippen molar-refractivity contribution in [2.24, 2.45) is 0 Å². The SMILES string of the molecule is OB(O)CCCCS. The minimum Gasteiger partial charge on any atom is -0.427 e. The average molecular weight is 134 g/mol. The third kappa shape index (κ3) is 6.33. The molecule has 0 aliphatic rings. The third-order valence-corrected chi connectivity index (χ3v) is 1.19. The van der Waals surface area contributed by atoms with E-state index in [0.29, 0.717) is 6.32 Å². The van der Waals surface area contributed by atoms with E-state index in [1.807, 2.05) is 0 Å². The summed E-state index contributed by atoms with van der Waals surface area (Å²) in [7, 11) is -1.13. The van der Waals surface area contributed by atoms with Crippen LogP contribution in [0.1, 0.15) is 12.8 Å². The summed E-state index contributed by atoms with van der Waals surface area (Å²) in [6.07, 6.45) is 2.28. The van der Waals surface area contributed by atoms with Gasteiger partial charge < -0.3 is 10.0 Å². The first-order valence-corrected chi connectivity index (χ1v) is 3.37.